The number of halogens is 1. The molecule has 0 saturated heterocycles. The van der Waals surface area contributed by atoms with Gasteiger partial charge in [0, 0.05) is 17.8 Å². The predicted octanol–water partition coefficient (Wildman–Crippen LogP) is 3.79. The molecule has 0 spiro atoms. The number of carbonyl (C=O) groups excluding carboxylic acids is 1. The Morgan fingerprint density at radius 1 is 1.30 bits per heavy atom. The fourth-order valence-corrected chi connectivity index (χ4v) is 5.58. The van der Waals surface area contributed by atoms with Gasteiger partial charge in [-0.1, -0.05) is 6.07 Å². The smallest absolute Gasteiger partial charge is 0.436 e. The molecule has 2 aromatic heterocycles. The molecule has 0 aliphatic heterocycles. The summed E-state index contributed by atoms with van der Waals surface area (Å²) in [5.74, 6) is 0.465. The van der Waals surface area contributed by atoms with Gasteiger partial charge in [0.15, 0.2) is 5.75 Å². The van der Waals surface area contributed by atoms with Gasteiger partial charge in [-0.25, -0.2) is 18.7 Å². The molecule has 9 nitrogen and oxygen atoms in total. The average molecular weight is 514 g/mol. The number of amides is 1. The minimum atomic E-state index is -4.08. The lowest BCUT2D eigenvalue weighted by Crippen LogP contribution is -2.31. The number of pyridine rings is 1. The molecule has 0 saturated carbocycles. The van der Waals surface area contributed by atoms with E-state index in [-0.39, 0.29) is 22.9 Å². The molecule has 0 fully saturated rings. The van der Waals surface area contributed by atoms with E-state index >= 15 is 0 Å². The summed E-state index contributed by atoms with van der Waals surface area (Å²) >= 11 is 4.46. The van der Waals surface area contributed by atoms with E-state index in [4.69, 9.17) is 14.7 Å². The van der Waals surface area contributed by atoms with E-state index in [0.717, 1.165) is 15.6 Å². The van der Waals surface area contributed by atoms with E-state index in [1.807, 2.05) is 0 Å². The second kappa shape index (κ2) is 9.43. The van der Waals surface area contributed by atoms with Crippen LogP contribution in [0.1, 0.15) is 5.56 Å². The van der Waals surface area contributed by atoms with Crippen molar-refractivity contribution in [1.82, 2.24) is 10.5 Å². The van der Waals surface area contributed by atoms with Crippen LogP contribution < -0.4 is 19.3 Å². The Hall–Kier alpha value is -2.67. The normalized spacial score (nSPS) is 11.0. The van der Waals surface area contributed by atoms with Crippen LogP contribution in [0.4, 0.5) is 10.5 Å². The lowest BCUT2D eigenvalue weighted by molar-refractivity contribution is 0.128. The molecule has 0 radical (unpaired) electrons. The van der Waals surface area contributed by atoms with Gasteiger partial charge in [-0.3, -0.25) is 14.5 Å². The van der Waals surface area contributed by atoms with Crippen molar-refractivity contribution in [1.29, 1.82) is 0 Å². The monoisotopic (exact) mass is 513 g/mol. The van der Waals surface area contributed by atoms with Crippen molar-refractivity contribution in [3.63, 3.8) is 0 Å². The Kier molecular flexibility index (Phi) is 6.92. The first-order valence-corrected chi connectivity index (χ1v) is 11.4. The number of methoxy groups -OCH3 is 1. The molecule has 3 rings (SSSR count). The molecular weight excluding hydrogens is 498 g/mol. The van der Waals surface area contributed by atoms with Gasteiger partial charge in [-0.15, -0.1) is 11.3 Å². The highest BCUT2D eigenvalue weighted by Crippen LogP contribution is 2.44. The van der Waals surface area contributed by atoms with Crippen LogP contribution in [0, 0.1) is 0 Å². The zero-order valence-electron chi connectivity index (χ0n) is 15.5. The number of anilines is 1. The summed E-state index contributed by atoms with van der Waals surface area (Å²) in [5, 5.41) is 10.2. The van der Waals surface area contributed by atoms with Crippen LogP contribution >= 0.6 is 27.3 Å². The standard InChI is InChI=1S/C18H16BrN3O6S2/c1-27-13-4-6-14(7-5-13)30(25,26)22(10-12-3-2-8-20-9-12)16-15(11-29-17(16)19)28-18(23)21-24/h2-9,11,24H,10H2,1H3,(H,21,23). The fourth-order valence-electron chi connectivity index (χ4n) is 2.55. The zero-order chi connectivity index (χ0) is 21.7. The predicted molar refractivity (Wildman–Crippen MR) is 114 cm³/mol. The summed E-state index contributed by atoms with van der Waals surface area (Å²) in [6.07, 6.45) is 1.97. The van der Waals surface area contributed by atoms with Crippen LogP contribution in [0.3, 0.4) is 0 Å². The fraction of sp³-hybridized carbons (Fsp3) is 0.111. The number of benzene rings is 1. The van der Waals surface area contributed by atoms with Crippen LogP contribution in [0.5, 0.6) is 11.5 Å². The second-order valence-electron chi connectivity index (χ2n) is 5.77. The van der Waals surface area contributed by atoms with Gasteiger partial charge in [0.1, 0.15) is 11.4 Å². The Bertz CT molecular complexity index is 1120. The molecule has 1 aromatic carbocycles. The molecule has 0 bridgehead atoms. The Labute approximate surface area is 185 Å². The zero-order valence-corrected chi connectivity index (χ0v) is 18.7. The average Bonchev–Trinajstić information content (AvgIpc) is 3.12. The molecule has 2 N–H and O–H groups in total. The minimum absolute atomic E-state index is 0.0165. The number of hydrogen-bond donors (Lipinski definition) is 2. The van der Waals surface area contributed by atoms with Crippen LogP contribution in [-0.4, -0.2) is 31.8 Å². The maximum absolute atomic E-state index is 13.5. The van der Waals surface area contributed by atoms with Crippen molar-refractivity contribution in [3.8, 4) is 11.5 Å². The number of ether oxygens (including phenoxy) is 2. The van der Waals surface area contributed by atoms with Gasteiger partial charge in [-0.2, -0.15) is 0 Å². The molecule has 0 aliphatic carbocycles. The quantitative estimate of drug-likeness (QED) is 0.364. The van der Waals surface area contributed by atoms with Crippen LogP contribution in [0.15, 0.2) is 62.9 Å². The number of thiophene rings is 1. The molecule has 0 unspecified atom stereocenters. The molecule has 158 valence electrons. The maximum Gasteiger partial charge on any atom is 0.436 e. The first-order valence-electron chi connectivity index (χ1n) is 8.31. The van der Waals surface area contributed by atoms with Crippen molar-refractivity contribution in [2.75, 3.05) is 11.4 Å². The Morgan fingerprint density at radius 3 is 2.63 bits per heavy atom. The highest BCUT2D eigenvalue weighted by Gasteiger charge is 2.31. The molecule has 30 heavy (non-hydrogen) atoms. The molecule has 2 heterocycles. The van der Waals surface area contributed by atoms with Crippen molar-refractivity contribution >= 4 is 49.1 Å². The van der Waals surface area contributed by atoms with Crippen molar-refractivity contribution in [2.24, 2.45) is 0 Å². The van der Waals surface area contributed by atoms with Gasteiger partial charge < -0.3 is 9.47 Å². The summed E-state index contributed by atoms with van der Waals surface area (Å²) in [6.45, 7) is -0.0748. The third-order valence-electron chi connectivity index (χ3n) is 3.93. The molecule has 12 heteroatoms. The van der Waals surface area contributed by atoms with Crippen LogP contribution in [-0.2, 0) is 16.6 Å². The maximum atomic E-state index is 13.5. The van der Waals surface area contributed by atoms with E-state index < -0.39 is 16.1 Å². The van der Waals surface area contributed by atoms with E-state index in [9.17, 15) is 13.2 Å². The number of aromatic nitrogens is 1. The SMILES string of the molecule is COc1ccc(S(=O)(=O)N(Cc2cccnc2)c2c(OC(=O)NO)csc2Br)cc1. The molecule has 1 amide bonds. The summed E-state index contributed by atoms with van der Waals surface area (Å²) in [6, 6.07) is 9.33. The lowest BCUT2D eigenvalue weighted by atomic mass is 10.3. The number of nitrogens with zero attached hydrogens (tertiary/aromatic N) is 2. The second-order valence-corrected chi connectivity index (χ2v) is 9.83. The van der Waals surface area contributed by atoms with Crippen molar-refractivity contribution in [3.05, 3.63) is 63.5 Å². The third-order valence-corrected chi connectivity index (χ3v) is 7.36. The molecule has 3 aromatic rings. The van der Waals surface area contributed by atoms with E-state index in [0.29, 0.717) is 15.1 Å². The summed E-state index contributed by atoms with van der Waals surface area (Å²) < 4.78 is 38.7. The summed E-state index contributed by atoms with van der Waals surface area (Å²) in [4.78, 5) is 15.6. The van der Waals surface area contributed by atoms with Gasteiger partial charge in [0.25, 0.3) is 10.0 Å². The highest BCUT2D eigenvalue weighted by molar-refractivity contribution is 9.11. The lowest BCUT2D eigenvalue weighted by Gasteiger charge is -2.25. The van der Waals surface area contributed by atoms with Gasteiger partial charge in [-0.05, 0) is 51.8 Å². The van der Waals surface area contributed by atoms with Gasteiger partial charge >= 0.3 is 6.09 Å². The number of carbonyl (C=O) groups is 1. The number of hydroxylamine groups is 1. The first-order chi connectivity index (χ1) is 14.4. The van der Waals surface area contributed by atoms with Crippen molar-refractivity contribution in [2.45, 2.75) is 11.4 Å². The molecule has 0 atom stereocenters. The number of nitrogens with one attached hydrogen (secondary N) is 1. The largest absolute Gasteiger partial charge is 0.497 e. The minimum Gasteiger partial charge on any atom is -0.497 e. The number of hydrogen-bond acceptors (Lipinski definition) is 8. The Morgan fingerprint density at radius 2 is 2.03 bits per heavy atom. The first kappa shape index (κ1) is 22.0. The van der Waals surface area contributed by atoms with Gasteiger partial charge in [0.2, 0.25) is 0 Å². The highest BCUT2D eigenvalue weighted by atomic mass is 79.9. The molecule has 0 aliphatic rings. The van der Waals surface area contributed by atoms with Crippen LogP contribution in [0.2, 0.25) is 0 Å². The van der Waals surface area contributed by atoms with Crippen LogP contribution in [0.25, 0.3) is 0 Å². The number of rotatable bonds is 7. The van der Waals surface area contributed by atoms with E-state index in [1.54, 1.807) is 18.3 Å². The third kappa shape index (κ3) is 4.73. The topological polar surface area (TPSA) is 118 Å². The summed E-state index contributed by atoms with van der Waals surface area (Å²) in [7, 11) is -2.60. The Balaban J connectivity index is 2.12. The number of sulfonamides is 1. The molecular formula is C18H16BrN3O6S2. The van der Waals surface area contributed by atoms with Crippen molar-refractivity contribution < 1.29 is 27.9 Å². The van der Waals surface area contributed by atoms with E-state index in [2.05, 4.69) is 20.9 Å². The van der Waals surface area contributed by atoms with E-state index in [1.165, 1.54) is 48.4 Å². The summed E-state index contributed by atoms with van der Waals surface area (Å²) in [5.41, 5.74) is 2.09. The van der Waals surface area contributed by atoms with Gasteiger partial charge in [0.05, 0.1) is 22.3 Å².